The first kappa shape index (κ1) is 21.2. The Morgan fingerprint density at radius 1 is 1.17 bits per heavy atom. The molecule has 1 saturated heterocycles. The van der Waals surface area contributed by atoms with E-state index in [-0.39, 0.29) is 17.0 Å². The first-order valence-electron chi connectivity index (χ1n) is 9.74. The lowest BCUT2D eigenvalue weighted by Crippen LogP contribution is -2.39. The summed E-state index contributed by atoms with van der Waals surface area (Å²) in [7, 11) is -1.56. The van der Waals surface area contributed by atoms with Crippen molar-refractivity contribution in [2.75, 3.05) is 26.5 Å². The molecule has 1 N–H and O–H groups in total. The zero-order valence-electron chi connectivity index (χ0n) is 17.1. The van der Waals surface area contributed by atoms with E-state index in [2.05, 4.69) is 17.4 Å². The monoisotopic (exact) mass is 416 g/mol. The van der Waals surface area contributed by atoms with Crippen LogP contribution in [0.2, 0.25) is 0 Å². The fraction of sp³-hybridized carbons (Fsp3) is 0.409. The van der Waals surface area contributed by atoms with Gasteiger partial charge in [-0.05, 0) is 61.1 Å². The van der Waals surface area contributed by atoms with E-state index in [4.69, 9.17) is 4.74 Å². The minimum atomic E-state index is -3.22. The second-order valence-corrected chi connectivity index (χ2v) is 9.68. The number of hydrogen-bond donors (Lipinski definition) is 1. The van der Waals surface area contributed by atoms with Crippen LogP contribution in [0, 0.1) is 5.92 Å². The zero-order valence-corrected chi connectivity index (χ0v) is 17.9. The molecule has 6 nitrogen and oxygen atoms in total. The van der Waals surface area contributed by atoms with Gasteiger partial charge in [-0.25, -0.2) is 13.2 Å². The highest BCUT2D eigenvalue weighted by atomic mass is 32.2. The smallest absolute Gasteiger partial charge is 0.317 e. The lowest BCUT2D eigenvalue weighted by molar-refractivity contribution is 0.203. The van der Waals surface area contributed by atoms with Gasteiger partial charge in [-0.2, -0.15) is 0 Å². The molecular formula is C22H28N2O4S. The van der Waals surface area contributed by atoms with Gasteiger partial charge in [-0.1, -0.05) is 24.3 Å². The summed E-state index contributed by atoms with van der Waals surface area (Å²) in [5, 5.41) is 3.02. The first-order chi connectivity index (χ1) is 13.8. The van der Waals surface area contributed by atoms with E-state index in [1.807, 2.05) is 24.0 Å². The van der Waals surface area contributed by atoms with Crippen LogP contribution in [0.1, 0.15) is 30.5 Å². The molecule has 1 heterocycles. The van der Waals surface area contributed by atoms with Crippen molar-refractivity contribution in [2.45, 2.75) is 30.7 Å². The Kier molecular flexibility index (Phi) is 6.47. The number of nitrogens with zero attached hydrogens (tertiary/aromatic N) is 1. The molecule has 0 bridgehead atoms. The van der Waals surface area contributed by atoms with Crippen LogP contribution in [0.3, 0.4) is 0 Å². The lowest BCUT2D eigenvalue weighted by atomic mass is 9.99. The number of sulfone groups is 1. The molecule has 0 aliphatic carbocycles. The van der Waals surface area contributed by atoms with Gasteiger partial charge in [-0.15, -0.1) is 0 Å². The zero-order chi connectivity index (χ0) is 21.0. The third kappa shape index (κ3) is 5.50. The van der Waals surface area contributed by atoms with Crippen molar-refractivity contribution in [2.24, 2.45) is 5.92 Å². The highest BCUT2D eigenvalue weighted by Gasteiger charge is 2.27. The molecule has 0 saturated carbocycles. The molecule has 2 unspecified atom stereocenters. The van der Waals surface area contributed by atoms with Gasteiger partial charge in [0.1, 0.15) is 5.75 Å². The van der Waals surface area contributed by atoms with Gasteiger partial charge in [0.05, 0.1) is 18.0 Å². The summed E-state index contributed by atoms with van der Waals surface area (Å²) in [6, 6.07) is 14.4. The molecule has 0 spiro atoms. The number of ether oxygens (including phenoxy) is 1. The molecule has 0 radical (unpaired) electrons. The van der Waals surface area contributed by atoms with E-state index in [9.17, 15) is 13.2 Å². The molecule has 3 rings (SSSR count). The van der Waals surface area contributed by atoms with Gasteiger partial charge in [0.25, 0.3) is 0 Å². The average molecular weight is 417 g/mol. The van der Waals surface area contributed by atoms with Gasteiger partial charge in [0.2, 0.25) is 0 Å². The third-order valence-electron chi connectivity index (χ3n) is 5.40. The van der Waals surface area contributed by atoms with Gasteiger partial charge in [0.15, 0.2) is 9.84 Å². The molecule has 2 aromatic carbocycles. The highest BCUT2D eigenvalue weighted by Crippen LogP contribution is 2.23. The van der Waals surface area contributed by atoms with Gasteiger partial charge in [0, 0.05) is 19.3 Å². The van der Waals surface area contributed by atoms with E-state index >= 15 is 0 Å². The molecular weight excluding hydrogens is 388 g/mol. The number of nitrogens with one attached hydrogen (secondary N) is 1. The van der Waals surface area contributed by atoms with Crippen LogP contribution in [0.25, 0.3) is 0 Å². The Balaban J connectivity index is 1.53. The number of urea groups is 1. The average Bonchev–Trinajstić information content (AvgIpc) is 3.16. The summed E-state index contributed by atoms with van der Waals surface area (Å²) < 4.78 is 28.3. The fourth-order valence-corrected chi connectivity index (χ4v) is 4.27. The van der Waals surface area contributed by atoms with Crippen LogP contribution in [0.4, 0.5) is 4.79 Å². The van der Waals surface area contributed by atoms with Crippen molar-refractivity contribution in [3.8, 4) is 5.75 Å². The number of carbonyl (C=O) groups is 1. The molecule has 0 aromatic heterocycles. The summed E-state index contributed by atoms with van der Waals surface area (Å²) in [6.45, 7) is 3.38. The highest BCUT2D eigenvalue weighted by molar-refractivity contribution is 7.90. The molecule has 2 atom stereocenters. The van der Waals surface area contributed by atoms with Gasteiger partial charge >= 0.3 is 6.03 Å². The molecule has 1 aliphatic rings. The topological polar surface area (TPSA) is 75.7 Å². The summed E-state index contributed by atoms with van der Waals surface area (Å²) in [6.07, 6.45) is 3.11. The minimum Gasteiger partial charge on any atom is -0.497 e. The largest absolute Gasteiger partial charge is 0.497 e. The molecule has 2 aromatic rings. The van der Waals surface area contributed by atoms with Crippen molar-refractivity contribution < 1.29 is 17.9 Å². The Morgan fingerprint density at radius 2 is 1.83 bits per heavy atom. The van der Waals surface area contributed by atoms with Crippen molar-refractivity contribution in [3.05, 3.63) is 59.7 Å². The summed E-state index contributed by atoms with van der Waals surface area (Å²) >= 11 is 0. The number of amides is 2. The number of likely N-dealkylation sites (tertiary alicyclic amines) is 1. The van der Waals surface area contributed by atoms with E-state index in [0.29, 0.717) is 5.92 Å². The third-order valence-corrected chi connectivity index (χ3v) is 6.53. The van der Waals surface area contributed by atoms with E-state index in [1.165, 1.54) is 11.8 Å². The maximum atomic E-state index is 12.6. The minimum absolute atomic E-state index is 0.0816. The summed E-state index contributed by atoms with van der Waals surface area (Å²) in [4.78, 5) is 14.8. The van der Waals surface area contributed by atoms with Crippen molar-refractivity contribution in [1.29, 1.82) is 0 Å². The molecule has 1 aliphatic heterocycles. The number of benzene rings is 2. The number of rotatable bonds is 6. The second-order valence-electron chi connectivity index (χ2n) is 7.67. The predicted octanol–water partition coefficient (Wildman–Crippen LogP) is 3.43. The number of hydrogen-bond acceptors (Lipinski definition) is 4. The Labute approximate surface area is 172 Å². The Bertz CT molecular complexity index is 940. The number of carbonyl (C=O) groups excluding carboxylic acids is 1. The summed E-state index contributed by atoms with van der Waals surface area (Å²) in [5.74, 6) is 1.29. The maximum Gasteiger partial charge on any atom is 0.317 e. The second kappa shape index (κ2) is 8.86. The quantitative estimate of drug-likeness (QED) is 0.783. The lowest BCUT2D eigenvalue weighted by Gasteiger charge is -2.21. The van der Waals surface area contributed by atoms with Crippen molar-refractivity contribution in [3.63, 3.8) is 0 Å². The van der Waals surface area contributed by atoms with Gasteiger partial charge in [-0.3, -0.25) is 0 Å². The standard InChI is InChI=1S/C22H28N2O4S/c1-16(19-6-10-21(11-7-19)29(3,26)27)23-22(25)24-13-12-18(15-24)14-17-4-8-20(28-2)9-5-17/h4-11,16,18H,12-15H2,1-3H3,(H,23,25). The fourth-order valence-electron chi connectivity index (χ4n) is 3.64. The summed E-state index contributed by atoms with van der Waals surface area (Å²) in [5.41, 5.74) is 2.12. The Morgan fingerprint density at radius 3 is 2.41 bits per heavy atom. The van der Waals surface area contributed by atoms with Crippen LogP contribution < -0.4 is 10.1 Å². The molecule has 156 valence electrons. The van der Waals surface area contributed by atoms with E-state index in [0.717, 1.165) is 37.2 Å². The SMILES string of the molecule is COc1ccc(CC2CCN(C(=O)NC(C)c3ccc(S(C)(=O)=O)cc3)C2)cc1. The van der Waals surface area contributed by atoms with Crippen LogP contribution in [-0.4, -0.2) is 45.8 Å². The van der Waals surface area contributed by atoms with E-state index < -0.39 is 9.84 Å². The maximum absolute atomic E-state index is 12.6. The van der Waals surface area contributed by atoms with Gasteiger partial charge < -0.3 is 15.0 Å². The first-order valence-corrected chi connectivity index (χ1v) is 11.6. The number of methoxy groups -OCH3 is 1. The predicted molar refractivity (Wildman–Crippen MR) is 113 cm³/mol. The van der Waals surface area contributed by atoms with Crippen LogP contribution in [0.5, 0.6) is 5.75 Å². The molecule has 29 heavy (non-hydrogen) atoms. The molecule has 2 amide bonds. The van der Waals surface area contributed by atoms with E-state index in [1.54, 1.807) is 31.4 Å². The van der Waals surface area contributed by atoms with Crippen LogP contribution in [-0.2, 0) is 16.3 Å². The molecule has 1 fully saturated rings. The molecule has 7 heteroatoms. The van der Waals surface area contributed by atoms with Crippen LogP contribution >= 0.6 is 0 Å². The Hall–Kier alpha value is -2.54. The van der Waals surface area contributed by atoms with Crippen LogP contribution in [0.15, 0.2) is 53.4 Å². The van der Waals surface area contributed by atoms with Crippen molar-refractivity contribution >= 4 is 15.9 Å². The normalized spacial score (nSPS) is 17.8. The van der Waals surface area contributed by atoms with Crippen molar-refractivity contribution in [1.82, 2.24) is 10.2 Å².